The van der Waals surface area contributed by atoms with Crippen LogP contribution in [0.15, 0.2) is 212 Å². The number of aromatic nitrogens is 3. The van der Waals surface area contributed by atoms with E-state index in [1.807, 2.05) is 36.4 Å². The summed E-state index contributed by atoms with van der Waals surface area (Å²) in [5.74, 6) is 0. The van der Waals surface area contributed by atoms with Crippen LogP contribution in [0.25, 0.3) is 105 Å². The van der Waals surface area contributed by atoms with E-state index < -0.39 is 159 Å². The number of hydrogen-bond donors (Lipinski definition) is 0. The lowest BCUT2D eigenvalue weighted by Crippen LogP contribution is -1.97. The van der Waals surface area contributed by atoms with Gasteiger partial charge in [-0.2, -0.15) is 0 Å². The van der Waals surface area contributed by atoms with E-state index in [-0.39, 0.29) is 49.3 Å². The Morgan fingerprint density at radius 1 is 0.281 bits per heavy atom. The zero-order valence-corrected chi connectivity index (χ0v) is 29.5. The molecule has 9 aromatic carbocycles. The summed E-state index contributed by atoms with van der Waals surface area (Å²) in [4.78, 5) is 0. The summed E-state index contributed by atoms with van der Waals surface area (Å²) in [6, 6.07) is 13.1. The van der Waals surface area contributed by atoms with Gasteiger partial charge >= 0.3 is 0 Å². The van der Waals surface area contributed by atoms with Gasteiger partial charge in [-0.15, -0.1) is 0 Å². The maximum atomic E-state index is 10.2. The van der Waals surface area contributed by atoms with Gasteiger partial charge in [-0.1, -0.05) is 133 Å². The molecule has 0 aliphatic rings. The van der Waals surface area contributed by atoms with E-state index in [0.29, 0.717) is 11.3 Å². The highest BCUT2D eigenvalue weighted by molar-refractivity contribution is 6.14. The number of nitrogens with zero attached hydrogens (tertiary/aromatic N) is 3. The first-order chi connectivity index (χ1) is 36.6. The van der Waals surface area contributed by atoms with E-state index in [1.165, 1.54) is 15.2 Å². The number of hydrogen-bond acceptors (Lipinski definition) is 0. The molecule has 12 rings (SSSR count). The third-order valence-electron chi connectivity index (χ3n) is 10.2. The largest absolute Gasteiger partial charge is 0.309 e. The second-order valence-electron chi connectivity index (χ2n) is 13.4. The Morgan fingerprint density at radius 2 is 0.789 bits per heavy atom. The normalized spacial score (nSPS) is 16.8. The van der Waals surface area contributed by atoms with Gasteiger partial charge in [0.25, 0.3) is 0 Å². The molecule has 0 fully saturated rings. The Labute approximate surface area is 357 Å². The first kappa shape index (κ1) is 17.9. The van der Waals surface area contributed by atoms with Crippen molar-refractivity contribution in [3.63, 3.8) is 0 Å². The molecular formula is C54H35N3. The molecule has 0 atom stereocenters. The van der Waals surface area contributed by atoms with E-state index in [1.54, 1.807) is 48.5 Å². The van der Waals surface area contributed by atoms with Crippen molar-refractivity contribution in [3.8, 4) is 39.3 Å². The predicted octanol–water partition coefficient (Wildman–Crippen LogP) is 14.3. The SMILES string of the molecule is [2H]c1cc2c(c([2H])c1-c1c([2H])c([2H])c3c(c1[2H])c1c([2H])c([2H])c([2H])c([2H])c1n3-c1c([2H])c([2H])c3c4c([2H])c([2H])c([2H])c([2H])c4n(-c4cccc(-c5ccccc5)c4)c3c1[2H])c1c([2H])c([2H])c([2H])c([2H])c1n2-c1ccccc1. The third kappa shape index (κ3) is 4.86. The summed E-state index contributed by atoms with van der Waals surface area (Å²) in [6.45, 7) is 0. The lowest BCUT2D eigenvalue weighted by molar-refractivity contribution is 1.15. The minimum Gasteiger partial charge on any atom is -0.309 e. The molecule has 0 unspecified atom stereocenters. The highest BCUT2D eigenvalue weighted by atomic mass is 15.0. The molecule has 3 heterocycles. The van der Waals surface area contributed by atoms with E-state index in [4.69, 9.17) is 12.3 Å². The monoisotopic (exact) mass is 745 g/mol. The van der Waals surface area contributed by atoms with Crippen molar-refractivity contribution in [1.29, 1.82) is 0 Å². The van der Waals surface area contributed by atoms with E-state index in [0.717, 1.165) is 10.1 Å². The Balaban J connectivity index is 1.25. The minimum absolute atomic E-state index is 0.0145. The lowest BCUT2D eigenvalue weighted by atomic mass is 10.0. The van der Waals surface area contributed by atoms with Crippen molar-refractivity contribution < 1.29 is 27.4 Å². The van der Waals surface area contributed by atoms with Gasteiger partial charge < -0.3 is 13.7 Å². The fraction of sp³-hybridized carbons (Fsp3) is 0. The van der Waals surface area contributed by atoms with Crippen molar-refractivity contribution in [2.75, 3.05) is 0 Å². The molecule has 3 heteroatoms. The molecule has 57 heavy (non-hydrogen) atoms. The zero-order valence-electron chi connectivity index (χ0n) is 49.5. The number of benzene rings is 9. The first-order valence-corrected chi connectivity index (χ1v) is 18.0. The average Bonchev–Trinajstić information content (AvgIpc) is 3.95. The Hall–Kier alpha value is -7.62. The summed E-state index contributed by atoms with van der Waals surface area (Å²) < 4.78 is 190. The van der Waals surface area contributed by atoms with Crippen LogP contribution in [0, 0.1) is 0 Å². The van der Waals surface area contributed by atoms with Crippen molar-refractivity contribution >= 4 is 65.4 Å². The summed E-state index contributed by atoms with van der Waals surface area (Å²) in [5, 5.41) is -1.37. The Morgan fingerprint density at radius 3 is 1.49 bits per heavy atom. The first-order valence-electron chi connectivity index (χ1n) is 28.0. The van der Waals surface area contributed by atoms with Crippen LogP contribution < -0.4 is 0 Å². The highest BCUT2D eigenvalue weighted by Crippen LogP contribution is 2.40. The molecule has 3 nitrogen and oxygen atoms in total. The van der Waals surface area contributed by atoms with Crippen LogP contribution in [0.2, 0.25) is 0 Å². The molecule has 0 radical (unpaired) electrons. The molecule has 0 bridgehead atoms. The standard InChI is InChI=1S/C54H35N3/c1-3-14-36(15-4-1)37-16-13-19-41(32-37)57-49-23-10-7-20-43(49)46-29-28-42(35-54(46)57)56-51-25-12-9-22-45(51)48-34-39(27-31-53(48)56)38-26-30-52-47(33-38)44-21-8-11-24-50(44)55(52)40-17-5-2-6-18-40/h1-35H/i7D,8D,9D,10D,11D,12D,20D,21D,22D,23D,24D,25D,26D,27D,28D,29D,31D,33D,34D,35D. The van der Waals surface area contributed by atoms with E-state index in [9.17, 15) is 15.1 Å². The van der Waals surface area contributed by atoms with Crippen molar-refractivity contribution in [2.24, 2.45) is 0 Å². The molecule has 0 aliphatic carbocycles. The zero-order chi connectivity index (χ0) is 54.9. The summed E-state index contributed by atoms with van der Waals surface area (Å²) in [6.07, 6.45) is 0. The minimum atomic E-state index is -0.794. The molecule has 12 aromatic rings. The molecule has 0 spiro atoms. The van der Waals surface area contributed by atoms with Crippen LogP contribution in [-0.4, -0.2) is 13.7 Å². The van der Waals surface area contributed by atoms with Gasteiger partial charge in [0, 0.05) is 49.4 Å². The molecular weight excluding hydrogens is 691 g/mol. The molecule has 0 saturated heterocycles. The van der Waals surface area contributed by atoms with E-state index >= 15 is 0 Å². The van der Waals surface area contributed by atoms with Crippen LogP contribution in [0.5, 0.6) is 0 Å². The Kier molecular flexibility index (Phi) is 3.91. The lowest BCUT2D eigenvalue weighted by Gasteiger charge is -2.12. The summed E-state index contributed by atoms with van der Waals surface area (Å²) >= 11 is 0. The third-order valence-corrected chi connectivity index (χ3v) is 10.2. The topological polar surface area (TPSA) is 14.8 Å². The maximum absolute atomic E-state index is 10.2. The van der Waals surface area contributed by atoms with Crippen molar-refractivity contribution in [1.82, 2.24) is 13.7 Å². The fourth-order valence-electron chi connectivity index (χ4n) is 7.75. The highest BCUT2D eigenvalue weighted by Gasteiger charge is 2.18. The molecule has 266 valence electrons. The van der Waals surface area contributed by atoms with Crippen LogP contribution >= 0.6 is 0 Å². The van der Waals surface area contributed by atoms with Gasteiger partial charge in [-0.05, 0) is 101 Å². The van der Waals surface area contributed by atoms with Gasteiger partial charge in [-0.25, -0.2) is 0 Å². The van der Waals surface area contributed by atoms with Crippen LogP contribution in [-0.2, 0) is 0 Å². The molecule has 0 amide bonds. The van der Waals surface area contributed by atoms with E-state index in [2.05, 4.69) is 0 Å². The van der Waals surface area contributed by atoms with Gasteiger partial charge in [0.1, 0.15) is 0 Å². The number of rotatable bonds is 5. The molecule has 0 saturated carbocycles. The average molecular weight is 746 g/mol. The molecule has 0 N–H and O–H groups in total. The second-order valence-corrected chi connectivity index (χ2v) is 13.4. The molecule has 3 aromatic heterocycles. The fourth-order valence-corrected chi connectivity index (χ4v) is 7.75. The van der Waals surface area contributed by atoms with Crippen LogP contribution in [0.4, 0.5) is 0 Å². The van der Waals surface area contributed by atoms with Crippen molar-refractivity contribution in [3.05, 3.63) is 212 Å². The van der Waals surface area contributed by atoms with Gasteiger partial charge in [0.15, 0.2) is 0 Å². The molecule has 0 aliphatic heterocycles. The number of para-hydroxylation sites is 4. The van der Waals surface area contributed by atoms with Crippen molar-refractivity contribution in [2.45, 2.75) is 0 Å². The summed E-state index contributed by atoms with van der Waals surface area (Å²) in [5.41, 5.74) is -0.488. The maximum Gasteiger partial charge on any atom is 0.0667 e. The smallest absolute Gasteiger partial charge is 0.0667 e. The number of fused-ring (bicyclic) bond motifs is 9. The quantitative estimate of drug-likeness (QED) is 0.167. The summed E-state index contributed by atoms with van der Waals surface area (Å²) in [7, 11) is 0. The van der Waals surface area contributed by atoms with Crippen LogP contribution in [0.3, 0.4) is 0 Å². The van der Waals surface area contributed by atoms with Gasteiger partial charge in [-0.3, -0.25) is 0 Å². The van der Waals surface area contributed by atoms with Gasteiger partial charge in [0.05, 0.1) is 60.5 Å². The van der Waals surface area contributed by atoms with Crippen LogP contribution in [0.1, 0.15) is 27.4 Å². The van der Waals surface area contributed by atoms with Gasteiger partial charge in [0.2, 0.25) is 0 Å². The second kappa shape index (κ2) is 12.5. The predicted molar refractivity (Wildman–Crippen MR) is 240 cm³/mol. The Bertz CT molecular complexity index is 4680.